The van der Waals surface area contributed by atoms with E-state index in [1.807, 2.05) is 6.07 Å². The van der Waals surface area contributed by atoms with E-state index in [-0.39, 0.29) is 16.9 Å². The number of anilines is 1. The highest BCUT2D eigenvalue weighted by atomic mass is 32.2. The summed E-state index contributed by atoms with van der Waals surface area (Å²) in [5.74, 6) is 0.403. The summed E-state index contributed by atoms with van der Waals surface area (Å²) in [5, 5.41) is 10.1. The Kier molecular flexibility index (Phi) is 1.92. The van der Waals surface area contributed by atoms with Crippen molar-refractivity contribution in [3.63, 3.8) is 0 Å². The Hall–Kier alpha value is -1.16. The summed E-state index contributed by atoms with van der Waals surface area (Å²) >= 11 is 1.77. The number of carbonyl (C=O) groups is 1. The van der Waals surface area contributed by atoms with E-state index < -0.39 is 0 Å². The Bertz CT molecular complexity index is 415. The van der Waals surface area contributed by atoms with Crippen LogP contribution in [0.5, 0.6) is 5.75 Å². The minimum absolute atomic E-state index is 0.158. The SMILES string of the molecule is O=C1C2CC(CN1c1cccc(O)c1)S2. The smallest absolute Gasteiger partial charge is 0.240 e. The van der Waals surface area contributed by atoms with Gasteiger partial charge in [0.2, 0.25) is 5.91 Å². The Morgan fingerprint density at radius 3 is 2.93 bits per heavy atom. The van der Waals surface area contributed by atoms with Crippen LogP contribution in [0.2, 0.25) is 0 Å². The highest BCUT2D eigenvalue weighted by molar-refractivity contribution is 8.02. The second-order valence-corrected chi connectivity index (χ2v) is 5.46. The fourth-order valence-electron chi connectivity index (χ4n) is 2.10. The van der Waals surface area contributed by atoms with Gasteiger partial charge in [-0.05, 0) is 18.6 Å². The lowest BCUT2D eigenvalue weighted by Gasteiger charge is -2.45. The number of rotatable bonds is 1. The predicted octanol–water partition coefficient (Wildman–Crippen LogP) is 1.61. The Balaban J connectivity index is 1.91. The summed E-state index contributed by atoms with van der Waals surface area (Å²) in [5.41, 5.74) is 0.815. The quantitative estimate of drug-likeness (QED) is 0.783. The summed E-state index contributed by atoms with van der Waals surface area (Å²) in [4.78, 5) is 13.7. The number of hydrogen-bond donors (Lipinski definition) is 1. The van der Waals surface area contributed by atoms with Crippen molar-refractivity contribution in [1.82, 2.24) is 0 Å². The van der Waals surface area contributed by atoms with Crippen molar-refractivity contribution >= 4 is 23.4 Å². The van der Waals surface area contributed by atoms with Gasteiger partial charge in [-0.15, -0.1) is 11.8 Å². The number of benzene rings is 1. The summed E-state index contributed by atoms with van der Waals surface area (Å²) < 4.78 is 0. The minimum atomic E-state index is 0.158. The standard InChI is InChI=1S/C11H11NO2S/c13-8-3-1-2-7(4-8)12-6-9-5-10(15-9)11(12)14/h1-4,9-10,13H,5-6H2. The number of fused-ring (bicyclic) bond motifs is 2. The monoisotopic (exact) mass is 221 g/mol. The van der Waals surface area contributed by atoms with Crippen LogP contribution in [0.15, 0.2) is 24.3 Å². The van der Waals surface area contributed by atoms with Crippen LogP contribution in [0.4, 0.5) is 5.69 Å². The number of phenolic OH excluding ortho intramolecular Hbond substituents is 1. The molecular formula is C11H11NO2S. The molecule has 4 heteroatoms. The Morgan fingerprint density at radius 2 is 2.27 bits per heavy atom. The molecule has 0 aliphatic carbocycles. The molecule has 15 heavy (non-hydrogen) atoms. The van der Waals surface area contributed by atoms with E-state index in [9.17, 15) is 9.90 Å². The molecule has 0 spiro atoms. The lowest BCUT2D eigenvalue weighted by molar-refractivity contribution is -0.119. The van der Waals surface area contributed by atoms with Crippen LogP contribution in [0.3, 0.4) is 0 Å². The fourth-order valence-corrected chi connectivity index (χ4v) is 3.33. The molecule has 2 bridgehead atoms. The van der Waals surface area contributed by atoms with E-state index in [1.54, 1.807) is 34.9 Å². The van der Waals surface area contributed by atoms with Gasteiger partial charge < -0.3 is 10.0 Å². The van der Waals surface area contributed by atoms with E-state index in [2.05, 4.69) is 0 Å². The van der Waals surface area contributed by atoms with Crippen LogP contribution in [0.25, 0.3) is 0 Å². The number of aromatic hydroxyl groups is 1. The summed E-state index contributed by atoms with van der Waals surface area (Å²) in [6.45, 7) is 0.781. The average molecular weight is 221 g/mol. The summed E-state index contributed by atoms with van der Waals surface area (Å²) in [6, 6.07) is 6.90. The number of thioether (sulfide) groups is 1. The largest absolute Gasteiger partial charge is 0.508 e. The van der Waals surface area contributed by atoms with Gasteiger partial charge in [0.15, 0.2) is 0 Å². The van der Waals surface area contributed by atoms with E-state index in [0.29, 0.717) is 5.25 Å². The van der Waals surface area contributed by atoms with Crippen molar-refractivity contribution < 1.29 is 9.90 Å². The molecule has 2 unspecified atom stereocenters. The highest BCUT2D eigenvalue weighted by Crippen LogP contribution is 2.43. The molecule has 3 nitrogen and oxygen atoms in total. The van der Waals surface area contributed by atoms with Crippen molar-refractivity contribution in [1.29, 1.82) is 0 Å². The number of piperidine rings is 1. The summed E-state index contributed by atoms with van der Waals surface area (Å²) in [6.07, 6.45) is 1.03. The van der Waals surface area contributed by atoms with Gasteiger partial charge in [0.25, 0.3) is 0 Å². The normalized spacial score (nSPS) is 28.8. The number of amides is 1. The topological polar surface area (TPSA) is 40.5 Å². The minimum Gasteiger partial charge on any atom is -0.508 e. The van der Waals surface area contributed by atoms with E-state index in [1.165, 1.54) is 0 Å². The molecule has 4 rings (SSSR count). The van der Waals surface area contributed by atoms with Crippen LogP contribution in [-0.4, -0.2) is 28.1 Å². The molecule has 0 saturated carbocycles. The predicted molar refractivity (Wildman–Crippen MR) is 60.2 cm³/mol. The van der Waals surface area contributed by atoms with Gasteiger partial charge in [0, 0.05) is 23.5 Å². The lowest BCUT2D eigenvalue weighted by atomic mass is 10.1. The molecule has 2 atom stereocenters. The molecule has 1 amide bonds. The first kappa shape index (κ1) is 9.09. The maximum atomic E-state index is 11.9. The third-order valence-corrected chi connectivity index (χ3v) is 4.35. The van der Waals surface area contributed by atoms with Gasteiger partial charge >= 0.3 is 0 Å². The molecular weight excluding hydrogens is 210 g/mol. The molecule has 3 heterocycles. The van der Waals surface area contributed by atoms with Crippen LogP contribution in [0, 0.1) is 0 Å². The van der Waals surface area contributed by atoms with Crippen molar-refractivity contribution in [3.8, 4) is 5.75 Å². The Morgan fingerprint density at radius 1 is 1.47 bits per heavy atom. The third-order valence-electron chi connectivity index (χ3n) is 2.90. The van der Waals surface area contributed by atoms with Crippen LogP contribution in [0.1, 0.15) is 6.42 Å². The second-order valence-electron chi connectivity index (χ2n) is 3.95. The average Bonchev–Trinajstić information content (AvgIpc) is 2.16. The maximum Gasteiger partial charge on any atom is 0.240 e. The molecule has 1 aromatic carbocycles. The van der Waals surface area contributed by atoms with Gasteiger partial charge in [-0.2, -0.15) is 0 Å². The van der Waals surface area contributed by atoms with E-state index in [0.717, 1.165) is 18.7 Å². The Labute approximate surface area is 92.1 Å². The molecule has 0 aromatic heterocycles. The zero-order valence-electron chi connectivity index (χ0n) is 8.09. The van der Waals surface area contributed by atoms with Crippen molar-refractivity contribution in [2.45, 2.75) is 16.9 Å². The lowest BCUT2D eigenvalue weighted by Crippen LogP contribution is -2.55. The van der Waals surface area contributed by atoms with Gasteiger partial charge in [-0.3, -0.25) is 4.79 Å². The number of nitrogens with zero attached hydrogens (tertiary/aromatic N) is 1. The maximum absolute atomic E-state index is 11.9. The first-order valence-corrected chi connectivity index (χ1v) is 5.94. The molecule has 0 radical (unpaired) electrons. The van der Waals surface area contributed by atoms with Crippen LogP contribution >= 0.6 is 11.8 Å². The number of hydrogen-bond acceptors (Lipinski definition) is 3. The van der Waals surface area contributed by atoms with E-state index in [4.69, 9.17) is 0 Å². The molecule has 3 fully saturated rings. The molecule has 3 aliphatic heterocycles. The summed E-state index contributed by atoms with van der Waals surface area (Å²) in [7, 11) is 0. The van der Waals surface area contributed by atoms with Crippen LogP contribution in [-0.2, 0) is 4.79 Å². The molecule has 1 N–H and O–H groups in total. The van der Waals surface area contributed by atoms with Crippen molar-refractivity contribution in [3.05, 3.63) is 24.3 Å². The van der Waals surface area contributed by atoms with Crippen molar-refractivity contribution in [2.24, 2.45) is 0 Å². The van der Waals surface area contributed by atoms with Crippen molar-refractivity contribution in [2.75, 3.05) is 11.4 Å². The third kappa shape index (κ3) is 1.40. The highest BCUT2D eigenvalue weighted by Gasteiger charge is 2.44. The molecule has 78 valence electrons. The zero-order chi connectivity index (χ0) is 10.4. The van der Waals surface area contributed by atoms with Crippen LogP contribution < -0.4 is 4.90 Å². The molecule has 3 saturated heterocycles. The van der Waals surface area contributed by atoms with Gasteiger partial charge in [0.05, 0.1) is 5.25 Å². The second kappa shape index (κ2) is 3.17. The zero-order valence-corrected chi connectivity index (χ0v) is 8.91. The first-order chi connectivity index (χ1) is 7.24. The first-order valence-electron chi connectivity index (χ1n) is 5.00. The molecule has 3 aliphatic rings. The number of carbonyl (C=O) groups excluding carboxylic acids is 1. The number of phenols is 1. The fraction of sp³-hybridized carbons (Fsp3) is 0.364. The van der Waals surface area contributed by atoms with Gasteiger partial charge in [0.1, 0.15) is 5.75 Å². The van der Waals surface area contributed by atoms with Gasteiger partial charge in [-0.1, -0.05) is 6.07 Å². The van der Waals surface area contributed by atoms with E-state index >= 15 is 0 Å². The molecule has 1 aromatic rings. The van der Waals surface area contributed by atoms with Gasteiger partial charge in [-0.25, -0.2) is 0 Å².